The number of amides is 1. The first-order chi connectivity index (χ1) is 8.47. The third-order valence-electron chi connectivity index (χ3n) is 2.24. The molecule has 18 heavy (non-hydrogen) atoms. The zero-order chi connectivity index (χ0) is 13.7. The monoisotopic (exact) mass is 333 g/mol. The number of hydrogen-bond donors (Lipinski definition) is 0. The van der Waals surface area contributed by atoms with Crippen molar-refractivity contribution >= 4 is 39.4 Å². The highest BCUT2D eigenvalue weighted by molar-refractivity contribution is 9.10. The smallest absolute Gasteiger partial charge is 0.358 e. The number of hydrogen-bond acceptors (Lipinski definition) is 5. The Hall–Kier alpha value is -1.15. The standard InChI is InChI=1S/C10H12BrN3O3S/c1-13(3-4-18-2)10(15)7-5-9(14(16)17)12-6-8(7)11/h5-6H,3-4H2,1-2H3. The second-order valence-corrected chi connectivity index (χ2v) is 5.34. The predicted molar refractivity (Wildman–Crippen MR) is 73.9 cm³/mol. The molecule has 0 aromatic carbocycles. The lowest BCUT2D eigenvalue weighted by Gasteiger charge is -2.16. The Morgan fingerprint density at radius 2 is 2.33 bits per heavy atom. The van der Waals surface area contributed by atoms with Crippen molar-refractivity contribution in [2.45, 2.75) is 0 Å². The van der Waals surface area contributed by atoms with E-state index in [0.717, 1.165) is 5.75 Å². The number of halogens is 1. The number of aromatic nitrogens is 1. The Kier molecular flexibility index (Phi) is 5.54. The first kappa shape index (κ1) is 14.9. The van der Waals surface area contributed by atoms with E-state index in [1.807, 2.05) is 6.26 Å². The predicted octanol–water partition coefficient (Wildman–Crippen LogP) is 2.19. The molecule has 0 aliphatic rings. The molecule has 0 aliphatic carbocycles. The average Bonchev–Trinajstić information content (AvgIpc) is 2.35. The van der Waals surface area contributed by atoms with Crippen LogP contribution in [0.4, 0.5) is 5.82 Å². The summed E-state index contributed by atoms with van der Waals surface area (Å²) in [5.41, 5.74) is 0.250. The van der Waals surface area contributed by atoms with Crippen LogP contribution >= 0.6 is 27.7 Å². The van der Waals surface area contributed by atoms with Gasteiger partial charge < -0.3 is 15.0 Å². The van der Waals surface area contributed by atoms with Gasteiger partial charge in [-0.1, -0.05) is 0 Å². The van der Waals surface area contributed by atoms with Gasteiger partial charge in [0.15, 0.2) is 6.20 Å². The maximum absolute atomic E-state index is 12.1. The van der Waals surface area contributed by atoms with Crippen LogP contribution in [-0.2, 0) is 0 Å². The molecular formula is C10H12BrN3O3S. The SMILES string of the molecule is CSCCN(C)C(=O)c1cc([N+](=O)[O-])ncc1Br. The quantitative estimate of drug-likeness (QED) is 0.609. The number of nitro groups is 1. The van der Waals surface area contributed by atoms with Crippen LogP contribution in [0.1, 0.15) is 10.4 Å². The van der Waals surface area contributed by atoms with E-state index in [2.05, 4.69) is 20.9 Å². The maximum Gasteiger partial charge on any atom is 0.364 e. The van der Waals surface area contributed by atoms with Crippen LogP contribution in [0.15, 0.2) is 16.7 Å². The van der Waals surface area contributed by atoms with Crippen molar-refractivity contribution < 1.29 is 9.72 Å². The maximum atomic E-state index is 12.1. The zero-order valence-electron chi connectivity index (χ0n) is 9.92. The fourth-order valence-corrected chi connectivity index (χ4v) is 2.07. The summed E-state index contributed by atoms with van der Waals surface area (Å²) in [6.45, 7) is 0.586. The molecule has 0 spiro atoms. The van der Waals surface area contributed by atoms with Gasteiger partial charge in [0.05, 0.1) is 10.0 Å². The van der Waals surface area contributed by atoms with Gasteiger partial charge in [-0.05, 0) is 32.1 Å². The fourth-order valence-electron chi connectivity index (χ4n) is 1.23. The molecular weight excluding hydrogens is 322 g/mol. The van der Waals surface area contributed by atoms with Gasteiger partial charge in [0.2, 0.25) is 0 Å². The molecule has 1 amide bonds. The van der Waals surface area contributed by atoms with Gasteiger partial charge in [-0.25, -0.2) is 0 Å². The van der Waals surface area contributed by atoms with Gasteiger partial charge in [0.1, 0.15) is 0 Å². The number of thioether (sulfide) groups is 1. The molecule has 0 bridgehead atoms. The van der Waals surface area contributed by atoms with Gasteiger partial charge in [-0.15, -0.1) is 0 Å². The van der Waals surface area contributed by atoms with Crippen molar-refractivity contribution in [3.8, 4) is 0 Å². The minimum absolute atomic E-state index is 0.250. The van der Waals surface area contributed by atoms with Gasteiger partial charge in [0, 0.05) is 25.4 Å². The van der Waals surface area contributed by atoms with E-state index in [4.69, 9.17) is 0 Å². The van der Waals surface area contributed by atoms with Crippen LogP contribution in [0.2, 0.25) is 0 Å². The Morgan fingerprint density at radius 1 is 1.67 bits per heavy atom. The van der Waals surface area contributed by atoms with E-state index < -0.39 is 4.92 Å². The van der Waals surface area contributed by atoms with Crippen molar-refractivity contribution in [2.75, 3.05) is 25.6 Å². The first-order valence-electron chi connectivity index (χ1n) is 5.01. The molecule has 0 saturated heterocycles. The highest BCUT2D eigenvalue weighted by Crippen LogP contribution is 2.21. The molecule has 98 valence electrons. The van der Waals surface area contributed by atoms with Gasteiger partial charge in [0.25, 0.3) is 5.91 Å². The van der Waals surface area contributed by atoms with E-state index in [0.29, 0.717) is 11.0 Å². The summed E-state index contributed by atoms with van der Waals surface area (Å²) in [7, 11) is 1.66. The van der Waals surface area contributed by atoms with E-state index >= 15 is 0 Å². The Morgan fingerprint density at radius 3 is 2.89 bits per heavy atom. The summed E-state index contributed by atoms with van der Waals surface area (Å²) in [5, 5.41) is 10.6. The molecule has 1 heterocycles. The molecule has 1 aromatic rings. The average molecular weight is 334 g/mol. The molecule has 0 N–H and O–H groups in total. The molecule has 1 aromatic heterocycles. The summed E-state index contributed by atoms with van der Waals surface area (Å²) in [6.07, 6.45) is 3.22. The second-order valence-electron chi connectivity index (χ2n) is 3.50. The number of nitrogens with zero attached hydrogens (tertiary/aromatic N) is 3. The van der Waals surface area contributed by atoms with E-state index in [-0.39, 0.29) is 17.3 Å². The van der Waals surface area contributed by atoms with Gasteiger partial charge >= 0.3 is 5.82 Å². The van der Waals surface area contributed by atoms with Gasteiger partial charge in [-0.2, -0.15) is 11.8 Å². The van der Waals surface area contributed by atoms with Crippen LogP contribution in [0.5, 0.6) is 0 Å². The van der Waals surface area contributed by atoms with Crippen LogP contribution in [0, 0.1) is 10.1 Å². The lowest BCUT2D eigenvalue weighted by atomic mass is 10.2. The minimum Gasteiger partial charge on any atom is -0.358 e. The van der Waals surface area contributed by atoms with E-state index in [1.54, 1.807) is 18.8 Å². The van der Waals surface area contributed by atoms with Crippen molar-refractivity contribution in [1.82, 2.24) is 9.88 Å². The zero-order valence-corrected chi connectivity index (χ0v) is 12.3. The lowest BCUT2D eigenvalue weighted by Crippen LogP contribution is -2.29. The number of pyridine rings is 1. The molecule has 8 heteroatoms. The number of carbonyl (C=O) groups excluding carboxylic acids is 1. The van der Waals surface area contributed by atoms with Crippen LogP contribution in [-0.4, -0.2) is 46.3 Å². The Balaban J connectivity index is 2.97. The summed E-state index contributed by atoms with van der Waals surface area (Å²) in [4.78, 5) is 27.2. The van der Waals surface area contributed by atoms with Gasteiger partial charge in [-0.3, -0.25) is 4.79 Å². The van der Waals surface area contributed by atoms with Crippen molar-refractivity contribution in [1.29, 1.82) is 0 Å². The molecule has 6 nitrogen and oxygen atoms in total. The third-order valence-corrected chi connectivity index (χ3v) is 3.46. The molecule has 0 aliphatic heterocycles. The molecule has 0 atom stereocenters. The molecule has 1 rings (SSSR count). The van der Waals surface area contributed by atoms with Crippen LogP contribution in [0.25, 0.3) is 0 Å². The normalized spacial score (nSPS) is 10.2. The summed E-state index contributed by atoms with van der Waals surface area (Å²) in [6, 6.07) is 1.18. The Bertz CT molecular complexity index is 470. The molecule has 0 saturated carbocycles. The van der Waals surface area contributed by atoms with Crippen LogP contribution in [0.3, 0.4) is 0 Å². The first-order valence-corrected chi connectivity index (χ1v) is 7.20. The molecule has 0 fully saturated rings. The summed E-state index contributed by atoms with van der Waals surface area (Å²) >= 11 is 4.81. The molecule has 0 radical (unpaired) electrons. The van der Waals surface area contributed by atoms with Crippen molar-refractivity contribution in [3.63, 3.8) is 0 Å². The molecule has 0 unspecified atom stereocenters. The third kappa shape index (κ3) is 3.67. The summed E-state index contributed by atoms with van der Waals surface area (Å²) < 4.78 is 0.453. The summed E-state index contributed by atoms with van der Waals surface area (Å²) in [5.74, 6) is 0.216. The highest BCUT2D eigenvalue weighted by Gasteiger charge is 2.20. The fraction of sp³-hybridized carbons (Fsp3) is 0.400. The van der Waals surface area contributed by atoms with Crippen LogP contribution < -0.4 is 0 Å². The van der Waals surface area contributed by atoms with E-state index in [9.17, 15) is 14.9 Å². The van der Waals surface area contributed by atoms with Crippen molar-refractivity contribution in [2.24, 2.45) is 0 Å². The second kappa shape index (κ2) is 6.69. The number of rotatable bonds is 5. The Labute approximate surface area is 117 Å². The highest BCUT2D eigenvalue weighted by atomic mass is 79.9. The number of carbonyl (C=O) groups is 1. The van der Waals surface area contributed by atoms with Crippen molar-refractivity contribution in [3.05, 3.63) is 32.4 Å². The lowest BCUT2D eigenvalue weighted by molar-refractivity contribution is -0.389. The topological polar surface area (TPSA) is 76.3 Å². The minimum atomic E-state index is -0.620. The largest absolute Gasteiger partial charge is 0.364 e. The van der Waals surface area contributed by atoms with E-state index in [1.165, 1.54) is 17.2 Å².